The van der Waals surface area contributed by atoms with Crippen LogP contribution in [-0.4, -0.2) is 61.6 Å². The Bertz CT molecular complexity index is 2710. The molecule has 2 heterocycles. The highest BCUT2D eigenvalue weighted by molar-refractivity contribution is 6.32. The van der Waals surface area contributed by atoms with E-state index in [2.05, 4.69) is 27.4 Å². The summed E-state index contributed by atoms with van der Waals surface area (Å²) in [4.78, 5) is 31.9. The monoisotopic (exact) mass is 987 g/mol. The number of hydrogen-bond acceptors (Lipinski definition) is 13. The zero-order valence-corrected chi connectivity index (χ0v) is 40.0. The molecule has 362 valence electrons. The number of benzene rings is 4. The Morgan fingerprint density at radius 2 is 1.10 bits per heavy atom. The van der Waals surface area contributed by atoms with Crippen molar-refractivity contribution in [3.8, 4) is 46.3 Å². The van der Waals surface area contributed by atoms with Gasteiger partial charge in [-0.3, -0.25) is 19.6 Å². The van der Waals surface area contributed by atoms with Crippen LogP contribution >= 0.6 is 23.2 Å². The maximum Gasteiger partial charge on any atom is 0.320 e. The fourth-order valence-corrected chi connectivity index (χ4v) is 8.16. The van der Waals surface area contributed by atoms with Gasteiger partial charge in [0.15, 0.2) is 0 Å². The number of rotatable bonds is 25. The number of pyridine rings is 2. The summed E-state index contributed by atoms with van der Waals surface area (Å²) < 4.78 is 25.1. The van der Waals surface area contributed by atoms with E-state index >= 15 is 0 Å². The van der Waals surface area contributed by atoms with Gasteiger partial charge in [0.1, 0.15) is 67.6 Å². The molecular weight excluding hydrogens is 938 g/mol. The Morgan fingerprint density at radius 3 is 1.57 bits per heavy atom. The molecule has 0 fully saturated rings. The zero-order valence-electron chi connectivity index (χ0n) is 38.5. The molecule has 70 heavy (non-hydrogen) atoms. The van der Waals surface area contributed by atoms with Gasteiger partial charge in [0, 0.05) is 73.4 Å². The zero-order chi connectivity index (χ0) is 50.2. The number of nitriles is 2. The van der Waals surface area contributed by atoms with Crippen molar-refractivity contribution in [2.45, 2.75) is 78.5 Å². The summed E-state index contributed by atoms with van der Waals surface area (Å²) in [6.07, 6.45) is 6.74. The van der Waals surface area contributed by atoms with Crippen LogP contribution in [0.3, 0.4) is 0 Å². The maximum atomic E-state index is 11.9. The molecule has 0 aliphatic rings. The van der Waals surface area contributed by atoms with Gasteiger partial charge in [-0.1, -0.05) is 59.6 Å². The van der Waals surface area contributed by atoms with Gasteiger partial charge in [-0.25, -0.2) is 0 Å². The van der Waals surface area contributed by atoms with E-state index < -0.39 is 23.9 Å². The van der Waals surface area contributed by atoms with Crippen LogP contribution in [0.4, 0.5) is 0 Å². The summed E-state index contributed by atoms with van der Waals surface area (Å²) in [5.74, 6) is -1.41. The number of aliphatic hydroxyl groups excluding tert-OH is 2. The van der Waals surface area contributed by atoms with Gasteiger partial charge in [-0.2, -0.15) is 10.5 Å². The number of nitrogens with one attached hydrogen (secondary N) is 1. The van der Waals surface area contributed by atoms with Crippen molar-refractivity contribution in [2.75, 3.05) is 13.2 Å². The lowest BCUT2D eigenvalue weighted by Crippen LogP contribution is -2.37. The highest BCUT2D eigenvalue weighted by Gasteiger charge is 2.22. The van der Waals surface area contributed by atoms with Crippen molar-refractivity contribution >= 4 is 35.1 Å². The fraction of sp³-hybridized carbons (Fsp3) is 0.283. The first kappa shape index (κ1) is 52.1. The largest absolute Gasteiger partial charge is 0.488 e. The smallest absolute Gasteiger partial charge is 0.320 e. The van der Waals surface area contributed by atoms with E-state index in [1.54, 1.807) is 48.8 Å². The van der Waals surface area contributed by atoms with Gasteiger partial charge < -0.3 is 44.7 Å². The number of carbonyl (C=O) groups is 2. The Hall–Kier alpha value is -7.24. The van der Waals surface area contributed by atoms with Gasteiger partial charge in [0.25, 0.3) is 0 Å². The molecule has 0 saturated carbocycles. The van der Waals surface area contributed by atoms with Gasteiger partial charge >= 0.3 is 11.9 Å². The third-order valence-corrected chi connectivity index (χ3v) is 12.2. The van der Waals surface area contributed by atoms with Crippen molar-refractivity contribution in [3.05, 3.63) is 163 Å². The highest BCUT2D eigenvalue weighted by atomic mass is 35.5. The summed E-state index contributed by atoms with van der Waals surface area (Å²) in [6, 6.07) is 25.0. The van der Waals surface area contributed by atoms with Crippen LogP contribution in [0.1, 0.15) is 74.9 Å². The van der Waals surface area contributed by atoms with Crippen LogP contribution in [0.25, 0.3) is 11.1 Å². The van der Waals surface area contributed by atoms with Crippen LogP contribution in [0.15, 0.2) is 97.6 Å². The van der Waals surface area contributed by atoms with E-state index in [1.807, 2.05) is 50.2 Å². The molecule has 2 atom stereocenters. The van der Waals surface area contributed by atoms with E-state index in [9.17, 15) is 40.5 Å². The van der Waals surface area contributed by atoms with E-state index in [-0.39, 0.29) is 70.5 Å². The van der Waals surface area contributed by atoms with Crippen molar-refractivity contribution in [2.24, 2.45) is 5.92 Å². The summed E-state index contributed by atoms with van der Waals surface area (Å²) >= 11 is 13.6. The van der Waals surface area contributed by atoms with Crippen LogP contribution in [-0.2, 0) is 49.0 Å². The first-order valence-corrected chi connectivity index (χ1v) is 23.0. The second-order valence-electron chi connectivity index (χ2n) is 16.4. The van der Waals surface area contributed by atoms with Gasteiger partial charge in [0.05, 0.1) is 27.1 Å². The molecule has 0 aliphatic heterocycles. The van der Waals surface area contributed by atoms with Gasteiger partial charge in [-0.15, -0.1) is 0 Å². The Morgan fingerprint density at radius 1 is 0.614 bits per heavy atom. The maximum absolute atomic E-state index is 11.9. The number of aliphatic hydroxyl groups is 2. The molecule has 0 bridgehead atoms. The molecule has 0 spiro atoms. The predicted molar refractivity (Wildman–Crippen MR) is 261 cm³/mol. The Kier molecular flexibility index (Phi) is 18.9. The molecular formula is C53H51Cl2N5O10. The molecule has 2 unspecified atom stereocenters. The molecule has 6 aromatic rings. The summed E-state index contributed by atoms with van der Waals surface area (Å²) in [7, 11) is 0. The van der Waals surface area contributed by atoms with Crippen LogP contribution < -0.4 is 24.3 Å². The quantitative estimate of drug-likeness (QED) is 0.0360. The molecule has 6 rings (SSSR count). The molecule has 2 aromatic heterocycles. The average Bonchev–Trinajstić information content (AvgIpc) is 3.35. The number of carboxylic acids is 2. The average molecular weight is 989 g/mol. The number of aryl methyl sites for hydroxylation is 1. The summed E-state index contributed by atoms with van der Waals surface area (Å²) in [5.41, 5.74) is 8.91. The van der Waals surface area contributed by atoms with E-state index in [4.69, 9.17) is 42.1 Å². The van der Waals surface area contributed by atoms with E-state index in [1.165, 1.54) is 12.4 Å². The highest BCUT2D eigenvalue weighted by Crippen LogP contribution is 2.38. The lowest BCUT2D eigenvalue weighted by Gasteiger charge is -2.19. The Labute approximate surface area is 415 Å². The number of aliphatic carboxylic acids is 2. The minimum atomic E-state index is -1.11. The topological polar surface area (TPSA) is 237 Å². The molecule has 0 saturated heterocycles. The molecule has 0 aliphatic carbocycles. The van der Waals surface area contributed by atoms with Crippen molar-refractivity contribution < 1.29 is 49.0 Å². The second-order valence-corrected chi connectivity index (χ2v) is 17.2. The number of nitrogens with zero attached hydrogens (tertiary/aromatic N) is 4. The van der Waals surface area contributed by atoms with Crippen molar-refractivity contribution in [1.29, 1.82) is 10.5 Å². The summed E-state index contributed by atoms with van der Waals surface area (Å²) in [6.45, 7) is 3.93. The van der Waals surface area contributed by atoms with Gasteiger partial charge in [-0.05, 0) is 103 Å². The molecule has 5 N–H and O–H groups in total. The molecule has 4 aromatic carbocycles. The van der Waals surface area contributed by atoms with Crippen LogP contribution in [0.2, 0.25) is 10.0 Å². The summed E-state index contributed by atoms with van der Waals surface area (Å²) in [5, 5.41) is 60.4. The van der Waals surface area contributed by atoms with Gasteiger partial charge in [0.2, 0.25) is 0 Å². The van der Waals surface area contributed by atoms with E-state index in [0.29, 0.717) is 67.8 Å². The third-order valence-electron chi connectivity index (χ3n) is 11.7. The first-order valence-electron chi connectivity index (χ1n) is 22.2. The lowest BCUT2D eigenvalue weighted by molar-refractivity contribution is -0.142. The third kappa shape index (κ3) is 13.9. The Balaban J connectivity index is 1.21. The number of halogens is 2. The van der Waals surface area contributed by atoms with Crippen LogP contribution in [0.5, 0.6) is 23.0 Å². The standard InChI is InChI=1S/C53H51Cl2N5O10/c1-32-40(30-69-50-19-48(67-28-36-15-34(21-56)23-58-25-36)39(17-45(50)54)10-9-38(11-13-61)52(63)64)5-3-7-43(32)44-8-4-6-41(33(44)2)31-70-51-20-49(68-29-37-16-35(22-57)24-59-26-37)42(18-46(51)55)27-60-47(12-14-62)53(65)66/h3-8,15-20,23-26,38,47,60-62H,9-14,27-31H2,1-2H3,(H,63,64)(H,65,66). The molecule has 15 nitrogen and oxygen atoms in total. The number of carboxylic acid groups (broad SMARTS) is 2. The van der Waals surface area contributed by atoms with E-state index in [0.717, 1.165) is 33.4 Å². The SMILES string of the molecule is Cc1c(COc2cc(OCc3cncc(C#N)c3)c(CCC(CCO)C(=O)O)cc2Cl)cccc1-c1cccc(COc2cc(OCc3cncc(C#N)c3)c(CNC(CCO)C(=O)O)cc2Cl)c1C. The number of hydrogen-bond donors (Lipinski definition) is 5. The van der Waals surface area contributed by atoms with Crippen molar-refractivity contribution in [1.82, 2.24) is 15.3 Å². The normalized spacial score (nSPS) is 11.8. The molecule has 0 radical (unpaired) electrons. The molecule has 17 heteroatoms. The van der Waals surface area contributed by atoms with Crippen molar-refractivity contribution in [3.63, 3.8) is 0 Å². The first-order chi connectivity index (χ1) is 33.8. The number of ether oxygens (including phenoxy) is 4. The lowest BCUT2D eigenvalue weighted by atomic mass is 9.92. The fourth-order valence-electron chi connectivity index (χ4n) is 7.68. The number of aromatic nitrogens is 2. The minimum Gasteiger partial charge on any atom is -0.488 e. The molecule has 0 amide bonds. The second kappa shape index (κ2) is 25.4. The predicted octanol–water partition coefficient (Wildman–Crippen LogP) is 9.07. The minimum absolute atomic E-state index is 0.000901. The van der Waals surface area contributed by atoms with Crippen LogP contribution in [0, 0.1) is 42.4 Å².